The first-order valence-corrected chi connectivity index (χ1v) is 13.3. The van der Waals surface area contributed by atoms with Crippen LogP contribution in [-0.2, 0) is 12.6 Å². The Hall–Kier alpha value is -4.38. The lowest BCUT2D eigenvalue weighted by Gasteiger charge is -2.29. The minimum Gasteiger partial charge on any atom is -0.324 e. The highest BCUT2D eigenvalue weighted by atomic mass is 19.4. The van der Waals surface area contributed by atoms with Gasteiger partial charge in [-0.05, 0) is 93.7 Å². The summed E-state index contributed by atoms with van der Waals surface area (Å²) in [5.74, 6) is -0.109. The number of halogens is 3. The zero-order valence-corrected chi connectivity index (χ0v) is 22.7. The molecule has 0 unspecified atom stereocenters. The first-order chi connectivity index (χ1) is 19.7. The number of nitrogens with one attached hydrogen (secondary N) is 2. The quantitative estimate of drug-likeness (QED) is 0.280. The highest BCUT2D eigenvalue weighted by Crippen LogP contribution is 2.35. The molecule has 2 N–H and O–H groups in total. The van der Waals surface area contributed by atoms with E-state index in [1.54, 1.807) is 42.9 Å². The predicted octanol–water partition coefficient (Wildman–Crippen LogP) is 6.14. The Morgan fingerprint density at radius 1 is 1.05 bits per heavy atom. The van der Waals surface area contributed by atoms with Crippen molar-refractivity contribution in [1.82, 2.24) is 24.8 Å². The van der Waals surface area contributed by atoms with E-state index >= 15 is 0 Å². The number of piperidine rings is 1. The van der Waals surface area contributed by atoms with Crippen LogP contribution in [0.2, 0.25) is 0 Å². The molecule has 1 fully saturated rings. The maximum absolute atomic E-state index is 14.0. The highest BCUT2D eigenvalue weighted by Gasteiger charge is 2.35. The average molecular weight is 562 g/mol. The number of amides is 1. The standard InChI is InChI=1S/C30H30F3N7O/c1-19-3-6-24(15-27(19)39-29-36-10-7-26(38-29)23-16-34-18-35-17-23)37-28(41)22-5-4-21(25(14-22)30(31,32)33)13-20-8-11-40(2)12-9-20/h3-7,10,14-18,20H,8-9,11-13H2,1-2H3,(H,37,41)(H,36,38,39). The summed E-state index contributed by atoms with van der Waals surface area (Å²) in [5.41, 5.74) is 2.69. The molecule has 0 saturated carbocycles. The number of likely N-dealkylation sites (tertiary alicyclic amines) is 1. The number of nitrogens with zero attached hydrogens (tertiary/aromatic N) is 5. The summed E-state index contributed by atoms with van der Waals surface area (Å²) < 4.78 is 42.0. The van der Waals surface area contributed by atoms with Gasteiger partial charge in [0.05, 0.1) is 11.3 Å². The molecular weight excluding hydrogens is 531 g/mol. The minimum atomic E-state index is -4.56. The summed E-state index contributed by atoms with van der Waals surface area (Å²) in [6.07, 6.45) is 3.83. The molecule has 212 valence electrons. The lowest BCUT2D eigenvalue weighted by Crippen LogP contribution is -2.31. The second-order valence-electron chi connectivity index (χ2n) is 10.3. The van der Waals surface area contributed by atoms with Crippen molar-refractivity contribution in [2.45, 2.75) is 32.4 Å². The molecule has 5 rings (SSSR count). The number of anilines is 3. The Balaban J connectivity index is 1.32. The van der Waals surface area contributed by atoms with Crippen LogP contribution in [0.25, 0.3) is 11.3 Å². The van der Waals surface area contributed by atoms with E-state index in [2.05, 4.69) is 35.5 Å². The van der Waals surface area contributed by atoms with Gasteiger partial charge in [0.1, 0.15) is 6.33 Å². The molecule has 0 radical (unpaired) electrons. The topological polar surface area (TPSA) is 95.9 Å². The summed E-state index contributed by atoms with van der Waals surface area (Å²) in [4.78, 5) is 32.0. The smallest absolute Gasteiger partial charge is 0.324 e. The Kier molecular flexibility index (Phi) is 8.25. The van der Waals surface area contributed by atoms with Crippen LogP contribution in [0.4, 0.5) is 30.5 Å². The average Bonchev–Trinajstić information content (AvgIpc) is 2.96. The van der Waals surface area contributed by atoms with Crippen LogP contribution < -0.4 is 10.6 Å². The third-order valence-electron chi connectivity index (χ3n) is 7.28. The van der Waals surface area contributed by atoms with E-state index in [0.717, 1.165) is 43.1 Å². The van der Waals surface area contributed by atoms with Crippen molar-refractivity contribution in [2.24, 2.45) is 5.92 Å². The van der Waals surface area contributed by atoms with Crippen molar-refractivity contribution in [3.05, 3.63) is 89.6 Å². The fourth-order valence-electron chi connectivity index (χ4n) is 4.91. The van der Waals surface area contributed by atoms with Gasteiger partial charge < -0.3 is 15.5 Å². The number of aromatic nitrogens is 4. The molecule has 1 aliphatic rings. The fraction of sp³-hybridized carbons (Fsp3) is 0.300. The molecule has 1 amide bonds. The number of aryl methyl sites for hydroxylation is 1. The summed E-state index contributed by atoms with van der Waals surface area (Å²) >= 11 is 0. The normalized spacial score (nSPS) is 14.6. The summed E-state index contributed by atoms with van der Waals surface area (Å²) in [6, 6.07) is 10.8. The maximum Gasteiger partial charge on any atom is 0.416 e. The first-order valence-electron chi connectivity index (χ1n) is 13.3. The lowest BCUT2D eigenvalue weighted by atomic mass is 9.88. The van der Waals surface area contributed by atoms with Crippen LogP contribution in [0.5, 0.6) is 0 Å². The number of alkyl halides is 3. The molecule has 0 bridgehead atoms. The fourth-order valence-corrected chi connectivity index (χ4v) is 4.91. The third kappa shape index (κ3) is 7.04. The van der Waals surface area contributed by atoms with Gasteiger partial charge in [-0.25, -0.2) is 19.9 Å². The number of hydrogen-bond donors (Lipinski definition) is 2. The molecule has 8 nitrogen and oxygen atoms in total. The maximum atomic E-state index is 14.0. The van der Waals surface area contributed by atoms with Gasteiger partial charge in [0.25, 0.3) is 5.91 Å². The number of carbonyl (C=O) groups excluding carboxylic acids is 1. The number of benzene rings is 2. The van der Waals surface area contributed by atoms with E-state index in [9.17, 15) is 18.0 Å². The van der Waals surface area contributed by atoms with Crippen LogP contribution in [0, 0.1) is 12.8 Å². The second-order valence-corrected chi connectivity index (χ2v) is 10.3. The highest BCUT2D eigenvalue weighted by molar-refractivity contribution is 6.04. The van der Waals surface area contributed by atoms with Crippen molar-refractivity contribution in [3.63, 3.8) is 0 Å². The van der Waals surface area contributed by atoms with E-state index in [1.165, 1.54) is 18.5 Å². The van der Waals surface area contributed by atoms with Crippen molar-refractivity contribution in [2.75, 3.05) is 30.8 Å². The van der Waals surface area contributed by atoms with Crippen molar-refractivity contribution >= 4 is 23.2 Å². The van der Waals surface area contributed by atoms with E-state index in [4.69, 9.17) is 0 Å². The molecule has 4 aromatic rings. The van der Waals surface area contributed by atoms with Crippen LogP contribution in [0.3, 0.4) is 0 Å². The molecular formula is C30H30F3N7O. The van der Waals surface area contributed by atoms with Crippen molar-refractivity contribution in [3.8, 4) is 11.3 Å². The van der Waals surface area contributed by atoms with Gasteiger partial charge in [0.2, 0.25) is 5.95 Å². The molecule has 0 spiro atoms. The molecule has 0 atom stereocenters. The van der Waals surface area contributed by atoms with Crippen LogP contribution in [0.15, 0.2) is 67.4 Å². The Morgan fingerprint density at radius 2 is 1.80 bits per heavy atom. The predicted molar refractivity (Wildman–Crippen MR) is 151 cm³/mol. The minimum absolute atomic E-state index is 0.0550. The zero-order chi connectivity index (χ0) is 29.0. The van der Waals surface area contributed by atoms with Gasteiger partial charge in [0.15, 0.2) is 0 Å². The van der Waals surface area contributed by atoms with Crippen LogP contribution in [-0.4, -0.2) is 50.9 Å². The summed E-state index contributed by atoms with van der Waals surface area (Å²) in [5, 5.41) is 5.87. The SMILES string of the molecule is Cc1ccc(NC(=O)c2ccc(CC3CCN(C)CC3)c(C(F)(F)F)c2)cc1Nc1nccc(-c2cncnc2)n1. The zero-order valence-electron chi connectivity index (χ0n) is 22.7. The van der Waals surface area contributed by atoms with E-state index in [1.807, 2.05) is 14.0 Å². The number of hydrogen-bond acceptors (Lipinski definition) is 7. The second kappa shape index (κ2) is 12.0. The monoisotopic (exact) mass is 561 g/mol. The number of rotatable bonds is 7. The Morgan fingerprint density at radius 3 is 2.54 bits per heavy atom. The molecule has 1 saturated heterocycles. The van der Waals surface area contributed by atoms with Crippen LogP contribution >= 0.6 is 0 Å². The van der Waals surface area contributed by atoms with E-state index in [0.29, 0.717) is 29.4 Å². The van der Waals surface area contributed by atoms with Gasteiger partial charge in [-0.15, -0.1) is 0 Å². The van der Waals surface area contributed by atoms with Crippen molar-refractivity contribution < 1.29 is 18.0 Å². The Bertz CT molecular complexity index is 1520. The third-order valence-corrected chi connectivity index (χ3v) is 7.28. The van der Waals surface area contributed by atoms with Gasteiger partial charge in [-0.3, -0.25) is 4.79 Å². The van der Waals surface area contributed by atoms with E-state index in [-0.39, 0.29) is 17.0 Å². The number of carbonyl (C=O) groups is 1. The molecule has 0 aliphatic carbocycles. The summed E-state index contributed by atoms with van der Waals surface area (Å²) in [7, 11) is 2.02. The van der Waals surface area contributed by atoms with Gasteiger partial charge in [0, 0.05) is 41.1 Å². The lowest BCUT2D eigenvalue weighted by molar-refractivity contribution is -0.138. The molecule has 2 aromatic heterocycles. The van der Waals surface area contributed by atoms with Gasteiger partial charge in [-0.2, -0.15) is 13.2 Å². The van der Waals surface area contributed by atoms with Gasteiger partial charge in [-0.1, -0.05) is 12.1 Å². The molecule has 3 heterocycles. The van der Waals surface area contributed by atoms with Gasteiger partial charge >= 0.3 is 6.18 Å². The first kappa shape index (κ1) is 28.2. The summed E-state index contributed by atoms with van der Waals surface area (Å²) in [6.45, 7) is 3.63. The largest absolute Gasteiger partial charge is 0.416 e. The molecule has 41 heavy (non-hydrogen) atoms. The van der Waals surface area contributed by atoms with Crippen LogP contribution in [0.1, 0.15) is 39.9 Å². The molecule has 11 heteroatoms. The van der Waals surface area contributed by atoms with E-state index < -0.39 is 17.6 Å². The molecule has 2 aromatic carbocycles. The van der Waals surface area contributed by atoms with Crippen molar-refractivity contribution in [1.29, 1.82) is 0 Å². The Labute approximate surface area is 236 Å². The molecule has 1 aliphatic heterocycles.